The number of halogens is 1. The maximum atomic E-state index is 12.4. The molecule has 8 heteroatoms. The highest BCUT2D eigenvalue weighted by atomic mass is 35.5. The molecule has 27 heavy (non-hydrogen) atoms. The number of unbranched alkanes of at least 4 members (excludes halogenated alkanes) is 1. The molecule has 2 aliphatic heterocycles. The van der Waals surface area contributed by atoms with E-state index in [2.05, 4.69) is 11.8 Å². The number of urea groups is 1. The van der Waals surface area contributed by atoms with Crippen LogP contribution < -0.4 is 4.90 Å². The molecule has 0 saturated carbocycles. The van der Waals surface area contributed by atoms with E-state index >= 15 is 0 Å². The van der Waals surface area contributed by atoms with Crippen LogP contribution in [0.25, 0.3) is 0 Å². The molecule has 0 atom stereocenters. The first kappa shape index (κ1) is 19.6. The predicted molar refractivity (Wildman–Crippen MR) is 104 cm³/mol. The van der Waals surface area contributed by atoms with Gasteiger partial charge in [0.25, 0.3) is 0 Å². The fourth-order valence-electron chi connectivity index (χ4n) is 3.44. The first-order valence-corrected chi connectivity index (χ1v) is 9.71. The third-order valence-electron chi connectivity index (χ3n) is 5.10. The smallest absolute Gasteiger partial charge is 0.335 e. The fourth-order valence-corrected chi connectivity index (χ4v) is 3.61. The molecule has 0 aromatic heterocycles. The van der Waals surface area contributed by atoms with Gasteiger partial charge in [0.05, 0.1) is 6.67 Å². The van der Waals surface area contributed by atoms with E-state index in [0.717, 1.165) is 40.6 Å². The molecule has 0 spiro atoms. The lowest BCUT2D eigenvalue weighted by atomic mass is 10.1. The Labute approximate surface area is 164 Å². The number of rotatable bonds is 6. The number of carbonyl (C=O) groups excluding carboxylic acids is 3. The fraction of sp³-hybridized carbons (Fsp3) is 0.526. The number of benzene rings is 1. The Morgan fingerprint density at radius 3 is 2.33 bits per heavy atom. The Kier molecular flexibility index (Phi) is 6.01. The highest BCUT2D eigenvalue weighted by Crippen LogP contribution is 2.25. The minimum absolute atomic E-state index is 0.161. The number of amides is 4. The average molecular weight is 393 g/mol. The second kappa shape index (κ2) is 8.27. The summed E-state index contributed by atoms with van der Waals surface area (Å²) < 4.78 is 0. The van der Waals surface area contributed by atoms with E-state index < -0.39 is 17.8 Å². The third kappa shape index (κ3) is 4.09. The Hall–Kier alpha value is -2.12. The normalized spacial score (nSPS) is 18.8. The first-order valence-electron chi connectivity index (χ1n) is 9.33. The Bertz CT molecular complexity index is 746. The van der Waals surface area contributed by atoms with Crippen LogP contribution in [0.2, 0.25) is 5.02 Å². The van der Waals surface area contributed by atoms with Crippen molar-refractivity contribution in [3.63, 3.8) is 0 Å². The van der Waals surface area contributed by atoms with Crippen LogP contribution in [-0.4, -0.2) is 71.9 Å². The molecule has 0 bridgehead atoms. The maximum Gasteiger partial charge on any atom is 0.335 e. The van der Waals surface area contributed by atoms with Gasteiger partial charge in [-0.2, -0.15) is 0 Å². The van der Waals surface area contributed by atoms with E-state index in [4.69, 9.17) is 11.6 Å². The molecule has 2 heterocycles. The van der Waals surface area contributed by atoms with Crippen molar-refractivity contribution in [1.29, 1.82) is 0 Å². The van der Waals surface area contributed by atoms with Gasteiger partial charge in [-0.05, 0) is 31.0 Å². The van der Waals surface area contributed by atoms with E-state index in [9.17, 15) is 14.4 Å². The number of anilines is 1. The molecule has 2 aliphatic rings. The SMILES string of the molecule is CCCCN1C(=O)C(=O)N(CN2CCN(c3cc(Cl)ccc3C)CC2)C1=O. The summed E-state index contributed by atoms with van der Waals surface area (Å²) in [4.78, 5) is 43.1. The molecule has 0 unspecified atom stereocenters. The van der Waals surface area contributed by atoms with Gasteiger partial charge in [-0.15, -0.1) is 0 Å². The van der Waals surface area contributed by atoms with Gasteiger partial charge in [0.2, 0.25) is 0 Å². The topological polar surface area (TPSA) is 64.2 Å². The van der Waals surface area contributed by atoms with Gasteiger partial charge in [0.15, 0.2) is 0 Å². The molecule has 0 N–H and O–H groups in total. The molecule has 2 fully saturated rings. The Balaban J connectivity index is 1.59. The lowest BCUT2D eigenvalue weighted by molar-refractivity contribution is -0.144. The van der Waals surface area contributed by atoms with Crippen molar-refractivity contribution in [3.8, 4) is 0 Å². The second-order valence-corrected chi connectivity index (χ2v) is 7.44. The molecular weight excluding hydrogens is 368 g/mol. The molecule has 146 valence electrons. The zero-order chi connectivity index (χ0) is 19.6. The number of nitrogens with zero attached hydrogens (tertiary/aromatic N) is 4. The first-order chi connectivity index (χ1) is 12.9. The van der Waals surface area contributed by atoms with Crippen LogP contribution in [0.15, 0.2) is 18.2 Å². The standard InChI is InChI=1S/C19H25ClN4O3/c1-3-4-7-23-17(25)18(26)24(19(23)27)13-21-8-10-22(11-9-21)16-12-15(20)6-5-14(16)2/h5-6,12H,3-4,7-11,13H2,1-2H3. The molecular formula is C19H25ClN4O3. The summed E-state index contributed by atoms with van der Waals surface area (Å²) in [5, 5.41) is 0.706. The summed E-state index contributed by atoms with van der Waals surface area (Å²) >= 11 is 6.12. The highest BCUT2D eigenvalue weighted by molar-refractivity contribution is 6.44. The quantitative estimate of drug-likeness (QED) is 0.549. The van der Waals surface area contributed by atoms with Crippen molar-refractivity contribution in [3.05, 3.63) is 28.8 Å². The van der Waals surface area contributed by atoms with Crippen LogP contribution in [0.3, 0.4) is 0 Å². The molecule has 3 rings (SSSR count). The molecule has 1 aromatic carbocycles. The predicted octanol–water partition coefficient (Wildman–Crippen LogP) is 2.32. The van der Waals surface area contributed by atoms with Crippen LogP contribution >= 0.6 is 11.6 Å². The highest BCUT2D eigenvalue weighted by Gasteiger charge is 2.44. The molecule has 7 nitrogen and oxygen atoms in total. The van der Waals surface area contributed by atoms with Gasteiger partial charge >= 0.3 is 17.8 Å². The minimum atomic E-state index is -0.718. The largest absolute Gasteiger partial charge is 0.369 e. The summed E-state index contributed by atoms with van der Waals surface area (Å²) in [5.41, 5.74) is 2.27. The number of hydrogen-bond donors (Lipinski definition) is 0. The third-order valence-corrected chi connectivity index (χ3v) is 5.33. The molecule has 2 saturated heterocycles. The van der Waals surface area contributed by atoms with Crippen LogP contribution in [0.1, 0.15) is 25.3 Å². The van der Waals surface area contributed by atoms with E-state index in [1.54, 1.807) is 0 Å². The Morgan fingerprint density at radius 2 is 1.67 bits per heavy atom. The van der Waals surface area contributed by atoms with Gasteiger partial charge in [-0.3, -0.25) is 19.4 Å². The number of hydrogen-bond acceptors (Lipinski definition) is 5. The Morgan fingerprint density at radius 1 is 1.00 bits per heavy atom. The monoisotopic (exact) mass is 392 g/mol. The van der Waals surface area contributed by atoms with Crippen molar-refractivity contribution in [2.45, 2.75) is 26.7 Å². The molecule has 0 radical (unpaired) electrons. The lowest BCUT2D eigenvalue weighted by Crippen LogP contribution is -2.51. The van der Waals surface area contributed by atoms with Gasteiger partial charge in [-0.1, -0.05) is 31.0 Å². The number of imide groups is 2. The lowest BCUT2D eigenvalue weighted by Gasteiger charge is -2.37. The summed E-state index contributed by atoms with van der Waals surface area (Å²) in [6, 6.07) is 5.35. The van der Waals surface area contributed by atoms with Crippen molar-refractivity contribution in [1.82, 2.24) is 14.7 Å². The van der Waals surface area contributed by atoms with Crippen molar-refractivity contribution in [2.75, 3.05) is 44.3 Å². The summed E-state index contributed by atoms with van der Waals surface area (Å²) in [5.74, 6) is -1.43. The van der Waals surface area contributed by atoms with E-state index in [0.29, 0.717) is 31.1 Å². The molecule has 4 amide bonds. The van der Waals surface area contributed by atoms with Crippen LogP contribution in [0.4, 0.5) is 10.5 Å². The van der Waals surface area contributed by atoms with Gasteiger partial charge in [0, 0.05) is 43.4 Å². The number of aryl methyl sites for hydroxylation is 1. The van der Waals surface area contributed by atoms with E-state index in [1.807, 2.05) is 30.0 Å². The van der Waals surface area contributed by atoms with Gasteiger partial charge in [0.1, 0.15) is 0 Å². The zero-order valence-corrected chi connectivity index (χ0v) is 16.5. The van der Waals surface area contributed by atoms with E-state index in [1.165, 1.54) is 0 Å². The summed E-state index contributed by atoms with van der Waals surface area (Å²) in [6.07, 6.45) is 1.56. The van der Waals surface area contributed by atoms with Crippen LogP contribution in [0.5, 0.6) is 0 Å². The summed E-state index contributed by atoms with van der Waals surface area (Å²) in [6.45, 7) is 7.43. The average Bonchev–Trinajstić information content (AvgIpc) is 2.86. The van der Waals surface area contributed by atoms with Crippen molar-refractivity contribution < 1.29 is 14.4 Å². The van der Waals surface area contributed by atoms with Crippen LogP contribution in [-0.2, 0) is 9.59 Å². The van der Waals surface area contributed by atoms with Crippen LogP contribution in [0, 0.1) is 6.92 Å². The zero-order valence-electron chi connectivity index (χ0n) is 15.8. The molecule has 0 aliphatic carbocycles. The van der Waals surface area contributed by atoms with E-state index in [-0.39, 0.29) is 6.67 Å². The van der Waals surface area contributed by atoms with Gasteiger partial charge < -0.3 is 4.90 Å². The number of carbonyl (C=O) groups is 3. The summed E-state index contributed by atoms with van der Waals surface area (Å²) in [7, 11) is 0. The second-order valence-electron chi connectivity index (χ2n) is 7.00. The van der Waals surface area contributed by atoms with Crippen molar-refractivity contribution >= 4 is 35.1 Å². The molecule has 1 aromatic rings. The number of piperazine rings is 1. The minimum Gasteiger partial charge on any atom is -0.369 e. The van der Waals surface area contributed by atoms with Gasteiger partial charge in [-0.25, -0.2) is 9.69 Å². The maximum absolute atomic E-state index is 12.4. The van der Waals surface area contributed by atoms with Crippen molar-refractivity contribution in [2.24, 2.45) is 0 Å².